The van der Waals surface area contributed by atoms with Gasteiger partial charge in [0.15, 0.2) is 9.84 Å². The molecule has 1 aromatic carbocycles. The molecule has 1 saturated heterocycles. The van der Waals surface area contributed by atoms with Crippen molar-refractivity contribution in [1.29, 1.82) is 0 Å². The molecule has 1 aromatic rings. The predicted molar refractivity (Wildman–Crippen MR) is 74.4 cm³/mol. The monoisotopic (exact) mass is 288 g/mol. The number of hydrogen-bond acceptors (Lipinski definition) is 4. The first-order chi connectivity index (χ1) is 8.37. The molecule has 1 aliphatic rings. The van der Waals surface area contributed by atoms with Gasteiger partial charge in [-0.3, -0.25) is 4.90 Å². The van der Waals surface area contributed by atoms with Gasteiger partial charge in [-0.1, -0.05) is 11.6 Å². The third-order valence-electron chi connectivity index (χ3n) is 3.29. The number of nitrogens with zero attached hydrogens (tertiary/aromatic N) is 1. The quantitative estimate of drug-likeness (QED) is 0.839. The minimum Gasteiger partial charge on any atom is -0.398 e. The number of rotatable bonds is 2. The highest BCUT2D eigenvalue weighted by Crippen LogP contribution is 2.22. The third-order valence-corrected chi connectivity index (χ3v) is 5.32. The van der Waals surface area contributed by atoms with Crippen molar-refractivity contribution in [3.63, 3.8) is 0 Å². The Kier molecular flexibility index (Phi) is 3.84. The first-order valence-electron chi connectivity index (χ1n) is 5.86. The van der Waals surface area contributed by atoms with Crippen LogP contribution in [0.1, 0.15) is 12.5 Å². The fraction of sp³-hybridized carbons (Fsp3) is 0.500. The smallest absolute Gasteiger partial charge is 0.153 e. The molecule has 1 unspecified atom stereocenters. The third kappa shape index (κ3) is 3.16. The molecule has 1 heterocycles. The number of hydrogen-bond donors (Lipinski definition) is 1. The van der Waals surface area contributed by atoms with E-state index in [-0.39, 0.29) is 17.5 Å². The number of halogens is 1. The molecule has 0 saturated carbocycles. The molecule has 18 heavy (non-hydrogen) atoms. The lowest BCUT2D eigenvalue weighted by atomic mass is 10.1. The summed E-state index contributed by atoms with van der Waals surface area (Å²) in [5.74, 6) is 0.436. The molecule has 0 spiro atoms. The maximum atomic E-state index is 11.5. The van der Waals surface area contributed by atoms with Crippen molar-refractivity contribution in [3.05, 3.63) is 28.8 Å². The molecule has 0 bridgehead atoms. The lowest BCUT2D eigenvalue weighted by molar-refractivity contribution is 0.218. The summed E-state index contributed by atoms with van der Waals surface area (Å²) in [6.45, 7) is 3.12. The van der Waals surface area contributed by atoms with E-state index in [0.29, 0.717) is 23.8 Å². The van der Waals surface area contributed by atoms with Crippen LogP contribution >= 0.6 is 11.6 Å². The Morgan fingerprint density at radius 3 is 2.89 bits per heavy atom. The molecule has 2 rings (SSSR count). The van der Waals surface area contributed by atoms with Crippen molar-refractivity contribution < 1.29 is 8.42 Å². The normalized spacial score (nSPS) is 24.0. The van der Waals surface area contributed by atoms with E-state index in [4.69, 9.17) is 17.3 Å². The molecule has 6 heteroatoms. The van der Waals surface area contributed by atoms with Gasteiger partial charge in [-0.15, -0.1) is 0 Å². The Morgan fingerprint density at radius 2 is 2.22 bits per heavy atom. The molecule has 1 aliphatic heterocycles. The molecule has 1 atom stereocenters. The zero-order valence-electron chi connectivity index (χ0n) is 10.3. The maximum Gasteiger partial charge on any atom is 0.153 e. The highest BCUT2D eigenvalue weighted by Gasteiger charge is 2.28. The van der Waals surface area contributed by atoms with Gasteiger partial charge in [0.1, 0.15) is 0 Å². The van der Waals surface area contributed by atoms with Gasteiger partial charge in [-0.05, 0) is 30.7 Å². The topological polar surface area (TPSA) is 63.4 Å². The first-order valence-corrected chi connectivity index (χ1v) is 8.06. The Balaban J connectivity index is 2.12. The largest absolute Gasteiger partial charge is 0.398 e. The van der Waals surface area contributed by atoms with Crippen LogP contribution in [0.2, 0.25) is 5.02 Å². The standard InChI is InChI=1S/C12H17ClN2O2S/c1-9-8-18(16,17)5-4-15(9)7-10-6-11(13)2-3-12(10)14/h2-3,6,9H,4-5,7-8,14H2,1H3. The average molecular weight is 289 g/mol. The highest BCUT2D eigenvalue weighted by molar-refractivity contribution is 7.91. The van der Waals surface area contributed by atoms with Crippen molar-refractivity contribution >= 4 is 27.1 Å². The predicted octanol–water partition coefficient (Wildman–Crippen LogP) is 1.54. The van der Waals surface area contributed by atoms with Crippen LogP contribution in [-0.2, 0) is 16.4 Å². The molecule has 0 amide bonds. The minimum absolute atomic E-state index is 0.0159. The van der Waals surface area contributed by atoms with Crippen molar-refractivity contribution in [2.45, 2.75) is 19.5 Å². The van der Waals surface area contributed by atoms with Crippen LogP contribution in [0.4, 0.5) is 5.69 Å². The van der Waals surface area contributed by atoms with Crippen molar-refractivity contribution in [3.8, 4) is 0 Å². The number of benzene rings is 1. The average Bonchev–Trinajstić information content (AvgIpc) is 2.26. The molecule has 0 aliphatic carbocycles. The minimum atomic E-state index is -2.87. The summed E-state index contributed by atoms with van der Waals surface area (Å²) in [5.41, 5.74) is 7.55. The number of nitrogens with two attached hydrogens (primary N) is 1. The van der Waals surface area contributed by atoms with Crippen LogP contribution in [0, 0.1) is 0 Å². The number of nitrogen functional groups attached to an aromatic ring is 1. The van der Waals surface area contributed by atoms with E-state index in [1.54, 1.807) is 12.1 Å². The van der Waals surface area contributed by atoms with Crippen molar-refractivity contribution in [2.75, 3.05) is 23.8 Å². The fourth-order valence-corrected chi connectivity index (χ4v) is 4.02. The molecule has 0 aromatic heterocycles. The highest BCUT2D eigenvalue weighted by atomic mass is 35.5. The fourth-order valence-electron chi connectivity index (χ4n) is 2.20. The van der Waals surface area contributed by atoms with Gasteiger partial charge in [0.2, 0.25) is 0 Å². The molecule has 2 N–H and O–H groups in total. The van der Waals surface area contributed by atoms with E-state index < -0.39 is 9.84 Å². The van der Waals surface area contributed by atoms with Crippen LogP contribution in [0.3, 0.4) is 0 Å². The molecule has 0 radical (unpaired) electrons. The van der Waals surface area contributed by atoms with Crippen LogP contribution in [0.5, 0.6) is 0 Å². The van der Waals surface area contributed by atoms with Crippen molar-refractivity contribution in [2.24, 2.45) is 0 Å². The van der Waals surface area contributed by atoms with Gasteiger partial charge < -0.3 is 5.73 Å². The zero-order valence-corrected chi connectivity index (χ0v) is 11.8. The van der Waals surface area contributed by atoms with Crippen LogP contribution in [-0.4, -0.2) is 37.4 Å². The Bertz CT molecular complexity index is 545. The lowest BCUT2D eigenvalue weighted by Gasteiger charge is -2.33. The van der Waals surface area contributed by atoms with E-state index in [1.165, 1.54) is 0 Å². The van der Waals surface area contributed by atoms with Gasteiger partial charge in [0, 0.05) is 29.8 Å². The Morgan fingerprint density at radius 1 is 1.50 bits per heavy atom. The zero-order chi connectivity index (χ0) is 13.3. The maximum absolute atomic E-state index is 11.5. The summed E-state index contributed by atoms with van der Waals surface area (Å²) in [6, 6.07) is 5.39. The molecular formula is C12H17ClN2O2S. The number of sulfone groups is 1. The van der Waals surface area contributed by atoms with Gasteiger partial charge >= 0.3 is 0 Å². The van der Waals surface area contributed by atoms with E-state index in [1.807, 2.05) is 13.0 Å². The Labute approximate surface area is 113 Å². The Hall–Kier alpha value is -0.780. The molecular weight excluding hydrogens is 272 g/mol. The van der Waals surface area contributed by atoms with Crippen molar-refractivity contribution in [1.82, 2.24) is 4.90 Å². The van der Waals surface area contributed by atoms with Crippen LogP contribution in [0.15, 0.2) is 18.2 Å². The lowest BCUT2D eigenvalue weighted by Crippen LogP contribution is -2.46. The van der Waals surface area contributed by atoms with Gasteiger partial charge in [-0.25, -0.2) is 8.42 Å². The second-order valence-corrected chi connectivity index (χ2v) is 7.44. The SMILES string of the molecule is CC1CS(=O)(=O)CCN1Cc1cc(Cl)ccc1N. The second-order valence-electron chi connectivity index (χ2n) is 4.78. The number of anilines is 1. The van der Waals surface area contributed by atoms with Gasteiger partial charge in [0.05, 0.1) is 11.5 Å². The van der Waals surface area contributed by atoms with Gasteiger partial charge in [0.25, 0.3) is 0 Å². The molecule has 100 valence electrons. The first kappa shape index (κ1) is 13.6. The van der Waals surface area contributed by atoms with Crippen LogP contribution < -0.4 is 5.73 Å². The summed E-state index contributed by atoms with van der Waals surface area (Å²) in [5, 5.41) is 0.650. The summed E-state index contributed by atoms with van der Waals surface area (Å²) < 4.78 is 23.0. The summed E-state index contributed by atoms with van der Waals surface area (Å²) in [6.07, 6.45) is 0. The summed E-state index contributed by atoms with van der Waals surface area (Å²) in [4.78, 5) is 2.13. The molecule has 1 fully saturated rings. The van der Waals surface area contributed by atoms with E-state index >= 15 is 0 Å². The van der Waals surface area contributed by atoms with E-state index in [9.17, 15) is 8.42 Å². The van der Waals surface area contributed by atoms with E-state index in [2.05, 4.69) is 4.90 Å². The molecule has 4 nitrogen and oxygen atoms in total. The van der Waals surface area contributed by atoms with Crippen LogP contribution in [0.25, 0.3) is 0 Å². The van der Waals surface area contributed by atoms with E-state index in [0.717, 1.165) is 5.56 Å². The van der Waals surface area contributed by atoms with Gasteiger partial charge in [-0.2, -0.15) is 0 Å². The second kappa shape index (κ2) is 5.07. The summed E-state index contributed by atoms with van der Waals surface area (Å²) >= 11 is 5.95. The summed E-state index contributed by atoms with van der Waals surface area (Å²) in [7, 11) is -2.87.